The van der Waals surface area contributed by atoms with Crippen LogP contribution < -0.4 is 21.7 Å². The lowest BCUT2D eigenvalue weighted by atomic mass is 9.95. The van der Waals surface area contributed by atoms with Gasteiger partial charge in [-0.2, -0.15) is 0 Å². The predicted octanol–water partition coefficient (Wildman–Crippen LogP) is 0.466. The molecule has 0 aromatic rings. The Hall–Kier alpha value is -2.69. The number of carbonyl (C=O) groups is 5. The molecule has 3 amide bonds. The summed E-state index contributed by atoms with van der Waals surface area (Å²) in [5.74, 6) is -5.68. The lowest BCUT2D eigenvalue weighted by molar-refractivity contribution is -0.145. The summed E-state index contributed by atoms with van der Waals surface area (Å²) in [6.45, 7) is 10.6. The van der Waals surface area contributed by atoms with Gasteiger partial charge >= 0.3 is 11.9 Å². The van der Waals surface area contributed by atoms with Gasteiger partial charge in [-0.25, -0.2) is 4.79 Å². The molecule has 0 aliphatic rings. The second-order valence-electron chi connectivity index (χ2n) is 8.65. The van der Waals surface area contributed by atoms with E-state index in [0.717, 1.165) is 0 Å². The minimum absolute atomic E-state index is 0.121. The van der Waals surface area contributed by atoms with Gasteiger partial charge in [0.25, 0.3) is 0 Å². The summed E-state index contributed by atoms with van der Waals surface area (Å²) >= 11 is 0. The summed E-state index contributed by atoms with van der Waals surface area (Å²) in [5.41, 5.74) is 5.96. The number of carboxylic acid groups (broad SMARTS) is 2. The second kappa shape index (κ2) is 14.5. The van der Waals surface area contributed by atoms with Crippen molar-refractivity contribution in [3.05, 3.63) is 0 Å². The van der Waals surface area contributed by atoms with Crippen molar-refractivity contribution in [1.82, 2.24) is 16.0 Å². The molecule has 0 rings (SSSR count). The van der Waals surface area contributed by atoms with Gasteiger partial charge in [-0.05, 0) is 17.8 Å². The number of carboxylic acids is 2. The van der Waals surface area contributed by atoms with Gasteiger partial charge in [-0.1, -0.05) is 60.8 Å². The van der Waals surface area contributed by atoms with Crippen molar-refractivity contribution in [2.75, 3.05) is 0 Å². The molecule has 33 heavy (non-hydrogen) atoms. The molecule has 0 bridgehead atoms. The van der Waals surface area contributed by atoms with Crippen LogP contribution in [0.1, 0.15) is 67.2 Å². The Morgan fingerprint density at radius 1 is 0.697 bits per heavy atom. The van der Waals surface area contributed by atoms with Gasteiger partial charge in [0.1, 0.15) is 18.1 Å². The number of hydrogen-bond acceptors (Lipinski definition) is 6. The van der Waals surface area contributed by atoms with Crippen LogP contribution in [-0.4, -0.2) is 64.0 Å². The van der Waals surface area contributed by atoms with Crippen LogP contribution in [0.4, 0.5) is 0 Å². The van der Waals surface area contributed by atoms with E-state index in [4.69, 9.17) is 5.73 Å². The maximum absolute atomic E-state index is 13.0. The normalized spacial score (nSPS) is 17.4. The fourth-order valence-electron chi connectivity index (χ4n) is 3.05. The molecule has 0 fully saturated rings. The number of rotatable bonds is 15. The zero-order valence-corrected chi connectivity index (χ0v) is 20.4. The summed E-state index contributed by atoms with van der Waals surface area (Å²) in [7, 11) is 0. The smallest absolute Gasteiger partial charge is 0.326 e. The predicted molar refractivity (Wildman–Crippen MR) is 122 cm³/mol. The molecule has 7 N–H and O–H groups in total. The molecule has 0 radical (unpaired) electrons. The summed E-state index contributed by atoms with van der Waals surface area (Å²) in [4.78, 5) is 61.1. The first-order valence-electron chi connectivity index (χ1n) is 11.4. The molecule has 0 saturated heterocycles. The van der Waals surface area contributed by atoms with Gasteiger partial charge < -0.3 is 31.9 Å². The van der Waals surface area contributed by atoms with Crippen LogP contribution in [-0.2, 0) is 24.0 Å². The Kier molecular flexibility index (Phi) is 13.3. The van der Waals surface area contributed by atoms with E-state index >= 15 is 0 Å². The van der Waals surface area contributed by atoms with Crippen molar-refractivity contribution >= 4 is 29.7 Å². The number of hydrogen-bond donors (Lipinski definition) is 6. The fourth-order valence-corrected chi connectivity index (χ4v) is 3.05. The molecular weight excluding hydrogens is 432 g/mol. The van der Waals surface area contributed by atoms with Gasteiger partial charge in [-0.15, -0.1) is 0 Å². The van der Waals surface area contributed by atoms with E-state index in [1.54, 1.807) is 20.8 Å². The van der Waals surface area contributed by atoms with E-state index < -0.39 is 66.2 Å². The van der Waals surface area contributed by atoms with E-state index in [1.807, 2.05) is 20.8 Å². The molecular formula is C22H40N4O7. The van der Waals surface area contributed by atoms with Crippen molar-refractivity contribution in [3.63, 3.8) is 0 Å². The molecule has 0 heterocycles. The number of amides is 3. The molecule has 0 aromatic heterocycles. The van der Waals surface area contributed by atoms with Crippen molar-refractivity contribution in [2.45, 2.75) is 91.4 Å². The van der Waals surface area contributed by atoms with Gasteiger partial charge in [-0.3, -0.25) is 19.2 Å². The number of nitrogens with two attached hydrogens (primary N) is 1. The maximum Gasteiger partial charge on any atom is 0.326 e. The quantitative estimate of drug-likeness (QED) is 0.198. The Morgan fingerprint density at radius 3 is 1.58 bits per heavy atom. The number of carbonyl (C=O) groups excluding carboxylic acids is 3. The highest BCUT2D eigenvalue weighted by molar-refractivity contribution is 5.95. The summed E-state index contributed by atoms with van der Waals surface area (Å²) in [6.07, 6.45) is 0.891. The van der Waals surface area contributed by atoms with E-state index in [0.29, 0.717) is 19.3 Å². The Balaban J connectivity index is 5.66. The summed E-state index contributed by atoms with van der Waals surface area (Å²) in [5, 5.41) is 25.9. The minimum atomic E-state index is -1.52. The topological polar surface area (TPSA) is 188 Å². The van der Waals surface area contributed by atoms with Crippen molar-refractivity contribution in [3.8, 4) is 0 Å². The van der Waals surface area contributed by atoms with Crippen LogP contribution in [0.25, 0.3) is 0 Å². The van der Waals surface area contributed by atoms with Crippen LogP contribution >= 0.6 is 0 Å². The monoisotopic (exact) mass is 472 g/mol. The molecule has 0 aromatic carbocycles. The first-order valence-corrected chi connectivity index (χ1v) is 11.4. The van der Waals surface area contributed by atoms with Gasteiger partial charge in [0, 0.05) is 0 Å². The molecule has 190 valence electrons. The third-order valence-corrected chi connectivity index (χ3v) is 6.14. The molecule has 0 aliphatic heterocycles. The lowest BCUT2D eigenvalue weighted by Crippen LogP contribution is -2.59. The highest BCUT2D eigenvalue weighted by Gasteiger charge is 2.34. The van der Waals surface area contributed by atoms with Gasteiger partial charge in [0.2, 0.25) is 17.7 Å². The van der Waals surface area contributed by atoms with Crippen molar-refractivity contribution in [2.24, 2.45) is 23.5 Å². The van der Waals surface area contributed by atoms with Crippen LogP contribution in [0.2, 0.25) is 0 Å². The molecule has 0 aliphatic carbocycles. The van der Waals surface area contributed by atoms with Crippen LogP contribution in [0.3, 0.4) is 0 Å². The van der Waals surface area contributed by atoms with E-state index in [2.05, 4.69) is 16.0 Å². The standard InChI is InChI=1S/C22H40N4O7/c1-7-11(4)16(23)20(30)25-17(12(5)8-2)21(31)24-14(10-15(27)28)19(29)26-18(22(32)33)13(6)9-3/h11-14,16-18H,7-10,23H2,1-6H3,(H,24,31)(H,25,30)(H,26,29)(H,27,28)(H,32,33). The van der Waals surface area contributed by atoms with Crippen molar-refractivity contribution < 1.29 is 34.2 Å². The zero-order valence-electron chi connectivity index (χ0n) is 20.4. The van der Waals surface area contributed by atoms with E-state index in [9.17, 15) is 34.2 Å². The third-order valence-electron chi connectivity index (χ3n) is 6.14. The molecule has 11 nitrogen and oxygen atoms in total. The van der Waals surface area contributed by atoms with Crippen LogP contribution in [0, 0.1) is 17.8 Å². The highest BCUT2D eigenvalue weighted by Crippen LogP contribution is 2.12. The van der Waals surface area contributed by atoms with Crippen LogP contribution in [0.5, 0.6) is 0 Å². The number of nitrogens with one attached hydrogen (secondary N) is 3. The molecule has 7 unspecified atom stereocenters. The first-order chi connectivity index (χ1) is 15.3. The Labute approximate surface area is 195 Å². The summed E-state index contributed by atoms with van der Waals surface area (Å²) < 4.78 is 0. The minimum Gasteiger partial charge on any atom is -0.481 e. The SMILES string of the molecule is CCC(C)C(N)C(=O)NC(C(=O)NC(CC(=O)O)C(=O)NC(C(=O)O)C(C)CC)C(C)CC. The lowest BCUT2D eigenvalue weighted by Gasteiger charge is -2.29. The van der Waals surface area contributed by atoms with E-state index in [1.165, 1.54) is 0 Å². The van der Waals surface area contributed by atoms with E-state index in [-0.39, 0.29) is 11.8 Å². The van der Waals surface area contributed by atoms with Crippen molar-refractivity contribution in [1.29, 1.82) is 0 Å². The third kappa shape index (κ3) is 9.77. The highest BCUT2D eigenvalue weighted by atomic mass is 16.4. The average Bonchev–Trinajstić information content (AvgIpc) is 2.77. The molecule has 0 spiro atoms. The second-order valence-corrected chi connectivity index (χ2v) is 8.65. The first kappa shape index (κ1) is 30.3. The maximum atomic E-state index is 13.0. The average molecular weight is 473 g/mol. The molecule has 0 saturated carbocycles. The number of aliphatic carboxylic acids is 2. The van der Waals surface area contributed by atoms with Gasteiger partial charge in [0.15, 0.2) is 0 Å². The van der Waals surface area contributed by atoms with Crippen LogP contribution in [0.15, 0.2) is 0 Å². The Bertz CT molecular complexity index is 700. The fraction of sp³-hybridized carbons (Fsp3) is 0.773. The largest absolute Gasteiger partial charge is 0.481 e. The van der Waals surface area contributed by atoms with Gasteiger partial charge in [0.05, 0.1) is 12.5 Å². The molecule has 7 atom stereocenters. The molecule has 11 heteroatoms. The zero-order chi connectivity index (χ0) is 25.9. The summed E-state index contributed by atoms with van der Waals surface area (Å²) in [6, 6.07) is -4.65. The Morgan fingerprint density at radius 2 is 1.15 bits per heavy atom.